The van der Waals surface area contributed by atoms with Crippen LogP contribution in [0.4, 0.5) is 0 Å². The summed E-state index contributed by atoms with van der Waals surface area (Å²) in [6, 6.07) is 0. The fraction of sp³-hybridized carbons (Fsp3) is 0.533. The Morgan fingerprint density at radius 1 is 1.54 bits per heavy atom. The minimum atomic E-state index is 0. The Kier molecular flexibility index (Phi) is 8.63. The van der Waals surface area contributed by atoms with Crippen LogP contribution in [-0.4, -0.2) is 46.8 Å². The second-order valence-corrected chi connectivity index (χ2v) is 6.22. The minimum absolute atomic E-state index is 0. The van der Waals surface area contributed by atoms with Crippen LogP contribution in [0.2, 0.25) is 0 Å². The van der Waals surface area contributed by atoms with Crippen LogP contribution in [0, 0.1) is 0 Å². The molecule has 0 saturated heterocycles. The van der Waals surface area contributed by atoms with Gasteiger partial charge in [-0.1, -0.05) is 0 Å². The van der Waals surface area contributed by atoms with Crippen molar-refractivity contribution in [3.8, 4) is 0 Å². The third-order valence-electron chi connectivity index (χ3n) is 3.45. The molecule has 2 aromatic heterocycles. The van der Waals surface area contributed by atoms with Gasteiger partial charge in [-0.25, -0.2) is 4.98 Å². The van der Waals surface area contributed by atoms with E-state index in [2.05, 4.69) is 25.8 Å². The van der Waals surface area contributed by atoms with E-state index in [1.54, 1.807) is 30.2 Å². The number of aromatic nitrogens is 3. The third kappa shape index (κ3) is 5.71. The summed E-state index contributed by atoms with van der Waals surface area (Å²) in [6.45, 7) is 3.38. The molecule has 2 aromatic rings. The first kappa shape index (κ1) is 20.8. The molecule has 1 atom stereocenters. The van der Waals surface area contributed by atoms with Gasteiger partial charge in [0.1, 0.15) is 11.1 Å². The molecule has 0 aromatic carbocycles. The van der Waals surface area contributed by atoms with Crippen molar-refractivity contribution in [3.05, 3.63) is 34.0 Å². The molecule has 1 unspecified atom stereocenters. The van der Waals surface area contributed by atoms with Crippen LogP contribution in [0.3, 0.4) is 0 Å². The molecule has 1 N–H and O–H groups in total. The standard InChI is InChI=1S/C15H24N6OS.HI/c1-11(22-5)14-19-13(10-23-14)9-20(3)15(16-2)17-6-12-7-18-21(4)8-12;/h7-8,10-11H,6,9H2,1-5H3,(H,16,17);1H. The normalized spacial score (nSPS) is 12.6. The van der Waals surface area contributed by atoms with Gasteiger partial charge in [-0.15, -0.1) is 35.3 Å². The van der Waals surface area contributed by atoms with Crippen LogP contribution < -0.4 is 5.32 Å². The van der Waals surface area contributed by atoms with Crippen molar-refractivity contribution in [2.75, 3.05) is 21.2 Å². The van der Waals surface area contributed by atoms with Gasteiger partial charge in [0, 0.05) is 51.9 Å². The van der Waals surface area contributed by atoms with Crippen LogP contribution in [0.1, 0.15) is 29.3 Å². The number of hydrogen-bond donors (Lipinski definition) is 1. The van der Waals surface area contributed by atoms with Crippen molar-refractivity contribution in [3.63, 3.8) is 0 Å². The van der Waals surface area contributed by atoms with Crippen LogP contribution in [0.15, 0.2) is 22.8 Å². The molecule has 0 aliphatic heterocycles. The van der Waals surface area contributed by atoms with Crippen molar-refractivity contribution in [2.45, 2.75) is 26.1 Å². The van der Waals surface area contributed by atoms with Crippen molar-refractivity contribution in [1.29, 1.82) is 0 Å². The summed E-state index contributed by atoms with van der Waals surface area (Å²) >= 11 is 1.62. The van der Waals surface area contributed by atoms with Gasteiger partial charge in [0.05, 0.1) is 18.4 Å². The van der Waals surface area contributed by atoms with Gasteiger partial charge in [0.15, 0.2) is 5.96 Å². The Morgan fingerprint density at radius 3 is 2.88 bits per heavy atom. The molecule has 0 radical (unpaired) electrons. The monoisotopic (exact) mass is 464 g/mol. The number of aryl methyl sites for hydroxylation is 1. The topological polar surface area (TPSA) is 67.6 Å². The summed E-state index contributed by atoms with van der Waals surface area (Å²) in [5, 5.41) is 10.6. The molecule has 0 fully saturated rings. The summed E-state index contributed by atoms with van der Waals surface area (Å²) in [5.74, 6) is 0.822. The van der Waals surface area contributed by atoms with Crippen molar-refractivity contribution in [2.24, 2.45) is 12.0 Å². The number of ether oxygens (including phenoxy) is 1. The predicted molar refractivity (Wildman–Crippen MR) is 108 cm³/mol. The fourth-order valence-electron chi connectivity index (χ4n) is 2.13. The van der Waals surface area contributed by atoms with Gasteiger partial charge in [0.2, 0.25) is 0 Å². The molecule has 0 amide bonds. The lowest BCUT2D eigenvalue weighted by molar-refractivity contribution is 0.119. The molecule has 0 saturated carbocycles. The van der Waals surface area contributed by atoms with Crippen molar-refractivity contribution >= 4 is 41.3 Å². The van der Waals surface area contributed by atoms with Crippen molar-refractivity contribution in [1.82, 2.24) is 25.0 Å². The van der Waals surface area contributed by atoms with E-state index in [0.717, 1.165) is 22.2 Å². The zero-order valence-corrected chi connectivity index (χ0v) is 17.8. The van der Waals surface area contributed by atoms with Gasteiger partial charge in [-0.05, 0) is 6.92 Å². The third-order valence-corrected chi connectivity index (χ3v) is 4.51. The number of nitrogens with one attached hydrogen (secondary N) is 1. The van der Waals surface area contributed by atoms with Crippen LogP contribution in [0.25, 0.3) is 0 Å². The average Bonchev–Trinajstić information content (AvgIpc) is 3.16. The second-order valence-electron chi connectivity index (χ2n) is 5.33. The summed E-state index contributed by atoms with van der Waals surface area (Å²) in [5.41, 5.74) is 2.13. The molecule has 7 nitrogen and oxygen atoms in total. The highest BCUT2D eigenvalue weighted by molar-refractivity contribution is 14.0. The van der Waals surface area contributed by atoms with Crippen LogP contribution in [-0.2, 0) is 24.9 Å². The van der Waals surface area contributed by atoms with E-state index in [1.165, 1.54) is 0 Å². The maximum absolute atomic E-state index is 5.30. The zero-order chi connectivity index (χ0) is 16.8. The molecule has 24 heavy (non-hydrogen) atoms. The SMILES string of the molecule is CN=C(NCc1cnn(C)c1)N(C)Cc1csc(C(C)OC)n1.I. The predicted octanol–water partition coefficient (Wildman–Crippen LogP) is 2.41. The lowest BCUT2D eigenvalue weighted by Gasteiger charge is -2.21. The lowest BCUT2D eigenvalue weighted by atomic mass is 10.3. The Labute approximate surface area is 164 Å². The Hall–Kier alpha value is -1.20. The Morgan fingerprint density at radius 2 is 2.29 bits per heavy atom. The van der Waals surface area contributed by atoms with E-state index < -0.39 is 0 Å². The van der Waals surface area contributed by atoms with Crippen LogP contribution in [0.5, 0.6) is 0 Å². The highest BCUT2D eigenvalue weighted by Gasteiger charge is 2.12. The molecule has 2 heterocycles. The Bertz CT molecular complexity index is 656. The number of nitrogens with zero attached hydrogens (tertiary/aromatic N) is 5. The summed E-state index contributed by atoms with van der Waals surface area (Å²) < 4.78 is 7.09. The maximum atomic E-state index is 5.30. The smallest absolute Gasteiger partial charge is 0.194 e. The molecule has 0 aliphatic rings. The average molecular weight is 464 g/mol. The van der Waals surface area contributed by atoms with Crippen molar-refractivity contribution < 1.29 is 4.74 Å². The molecular weight excluding hydrogens is 439 g/mol. The molecule has 0 aliphatic carbocycles. The van der Waals surface area contributed by atoms with E-state index in [0.29, 0.717) is 13.1 Å². The number of methoxy groups -OCH3 is 1. The van der Waals surface area contributed by atoms with E-state index in [9.17, 15) is 0 Å². The zero-order valence-electron chi connectivity index (χ0n) is 14.7. The first-order chi connectivity index (χ1) is 11.0. The second kappa shape index (κ2) is 9.94. The highest BCUT2D eigenvalue weighted by Crippen LogP contribution is 2.20. The molecule has 2 rings (SSSR count). The fourth-order valence-corrected chi connectivity index (χ4v) is 2.97. The lowest BCUT2D eigenvalue weighted by Crippen LogP contribution is -2.38. The van der Waals surface area contributed by atoms with Gasteiger partial charge in [-0.2, -0.15) is 5.10 Å². The minimum Gasteiger partial charge on any atom is -0.375 e. The first-order valence-corrected chi connectivity index (χ1v) is 8.27. The summed E-state index contributed by atoms with van der Waals surface area (Å²) in [7, 11) is 7.38. The molecule has 9 heteroatoms. The number of thiazole rings is 1. The molecule has 0 spiro atoms. The molecule has 134 valence electrons. The molecule has 0 bridgehead atoms. The molecular formula is C15H25IN6OS. The van der Waals surface area contributed by atoms with Gasteiger partial charge >= 0.3 is 0 Å². The maximum Gasteiger partial charge on any atom is 0.194 e. The largest absolute Gasteiger partial charge is 0.375 e. The Balaban J connectivity index is 0.00000288. The number of hydrogen-bond acceptors (Lipinski definition) is 5. The van der Waals surface area contributed by atoms with Crippen LogP contribution >= 0.6 is 35.3 Å². The van der Waals surface area contributed by atoms with Gasteiger partial charge in [-0.3, -0.25) is 9.67 Å². The summed E-state index contributed by atoms with van der Waals surface area (Å²) in [6.07, 6.45) is 3.86. The summed E-state index contributed by atoms with van der Waals surface area (Å²) in [4.78, 5) is 11.0. The quantitative estimate of drug-likeness (QED) is 0.404. The first-order valence-electron chi connectivity index (χ1n) is 7.40. The van der Waals surface area contributed by atoms with Gasteiger partial charge in [0.25, 0.3) is 0 Å². The van der Waals surface area contributed by atoms with E-state index in [-0.39, 0.29) is 30.1 Å². The number of aliphatic imine (C=N–C) groups is 1. The number of halogens is 1. The number of guanidine groups is 1. The van der Waals surface area contributed by atoms with E-state index in [1.807, 2.05) is 38.3 Å². The van der Waals surface area contributed by atoms with Gasteiger partial charge < -0.3 is 15.0 Å². The number of rotatable bonds is 6. The van der Waals surface area contributed by atoms with E-state index in [4.69, 9.17) is 4.74 Å². The van der Waals surface area contributed by atoms with E-state index >= 15 is 0 Å². The highest BCUT2D eigenvalue weighted by atomic mass is 127.